The summed E-state index contributed by atoms with van der Waals surface area (Å²) in [6.07, 6.45) is -6.81. The molecule has 0 bridgehead atoms. The highest BCUT2D eigenvalue weighted by molar-refractivity contribution is 5.30. The summed E-state index contributed by atoms with van der Waals surface area (Å²) in [5.41, 5.74) is -1.18. The van der Waals surface area contributed by atoms with Crippen molar-refractivity contribution in [2.24, 2.45) is 0 Å². The number of hydrogen-bond acceptors (Lipinski definition) is 0. The Hall–Kier alpha value is -1.41. The fraction of sp³-hybridized carbons (Fsp3) is 0.538. The van der Waals surface area contributed by atoms with Crippen molar-refractivity contribution >= 4 is 0 Å². The molecule has 126 valence electrons. The van der Waals surface area contributed by atoms with Gasteiger partial charge in [-0.2, -0.15) is 39.5 Å². The molecule has 0 fully saturated rings. The van der Waals surface area contributed by atoms with Crippen LogP contribution in [0.2, 0.25) is 0 Å². The first-order valence-electron chi connectivity index (χ1n) is 5.97. The molecule has 0 spiro atoms. The largest absolute Gasteiger partial charge is 0.460 e. The quantitative estimate of drug-likeness (QED) is 0.615. The third kappa shape index (κ3) is 2.77. The van der Waals surface area contributed by atoms with E-state index < -0.39 is 29.5 Å². The number of alkyl halides is 9. The van der Waals surface area contributed by atoms with Crippen LogP contribution in [0.4, 0.5) is 39.5 Å². The predicted octanol–water partition coefficient (Wildman–Crippen LogP) is 5.73. The van der Waals surface area contributed by atoms with Crippen LogP contribution >= 0.6 is 0 Å². The highest BCUT2D eigenvalue weighted by Crippen LogP contribution is 2.56. The summed E-state index contributed by atoms with van der Waals surface area (Å²) in [5, 5.41) is 0. The van der Waals surface area contributed by atoms with Gasteiger partial charge in [0.05, 0.1) is 0 Å². The fourth-order valence-corrected chi connectivity index (χ4v) is 1.63. The molecule has 0 saturated heterocycles. The standard InChI is InChI=1S/C13H11F9/c1-7(2)8-3-5-9(6-4-8)10(14,15)11(16,17)12(18,19)13(20,21)22/h3-7H,1-2H3. The third-order valence-corrected chi connectivity index (χ3v) is 3.08. The lowest BCUT2D eigenvalue weighted by molar-refractivity contribution is -0.399. The van der Waals surface area contributed by atoms with Crippen molar-refractivity contribution in [2.45, 2.75) is 43.7 Å². The molecule has 0 aliphatic carbocycles. The van der Waals surface area contributed by atoms with Crippen molar-refractivity contribution in [3.8, 4) is 0 Å². The van der Waals surface area contributed by atoms with Crippen LogP contribution in [0.15, 0.2) is 24.3 Å². The maximum Gasteiger partial charge on any atom is 0.460 e. The second-order valence-electron chi connectivity index (χ2n) is 5.00. The van der Waals surface area contributed by atoms with Crippen molar-refractivity contribution in [1.29, 1.82) is 0 Å². The minimum Gasteiger partial charge on any atom is -0.194 e. The molecule has 0 heterocycles. The van der Waals surface area contributed by atoms with Crippen molar-refractivity contribution < 1.29 is 39.5 Å². The van der Waals surface area contributed by atoms with Crippen LogP contribution < -0.4 is 0 Å². The highest BCUT2D eigenvalue weighted by atomic mass is 19.4. The lowest BCUT2D eigenvalue weighted by atomic mass is 9.94. The van der Waals surface area contributed by atoms with Gasteiger partial charge in [-0.25, -0.2) is 0 Å². The summed E-state index contributed by atoms with van der Waals surface area (Å²) in [6, 6.07) is 2.76. The summed E-state index contributed by atoms with van der Waals surface area (Å²) in [6.45, 7) is 3.30. The normalized spacial score (nSPS) is 14.5. The molecule has 0 aliphatic rings. The number of halogens is 9. The van der Waals surface area contributed by atoms with Gasteiger partial charge in [0.15, 0.2) is 0 Å². The van der Waals surface area contributed by atoms with E-state index in [1.807, 2.05) is 0 Å². The van der Waals surface area contributed by atoms with E-state index in [0.717, 1.165) is 12.1 Å². The van der Waals surface area contributed by atoms with Gasteiger partial charge in [-0.3, -0.25) is 0 Å². The molecule has 1 aromatic rings. The monoisotopic (exact) mass is 338 g/mol. The van der Waals surface area contributed by atoms with Gasteiger partial charge < -0.3 is 0 Å². The Morgan fingerprint density at radius 1 is 0.682 bits per heavy atom. The van der Waals surface area contributed by atoms with E-state index in [1.165, 1.54) is 0 Å². The molecule has 1 rings (SSSR count). The Morgan fingerprint density at radius 2 is 1.09 bits per heavy atom. The molecule has 0 atom stereocenters. The SMILES string of the molecule is CC(C)c1ccc(C(F)(F)C(F)(F)C(F)(F)C(F)(F)F)cc1. The van der Waals surface area contributed by atoms with Crippen molar-refractivity contribution in [3.63, 3.8) is 0 Å². The Bertz CT molecular complexity index is 511. The maximum atomic E-state index is 13.6. The second kappa shape index (κ2) is 5.34. The van der Waals surface area contributed by atoms with Crippen LogP contribution in [0.3, 0.4) is 0 Å². The van der Waals surface area contributed by atoms with E-state index in [0.29, 0.717) is 17.7 Å². The molecular weight excluding hydrogens is 327 g/mol. The summed E-state index contributed by atoms with van der Waals surface area (Å²) in [7, 11) is 0. The summed E-state index contributed by atoms with van der Waals surface area (Å²) in [4.78, 5) is 0. The van der Waals surface area contributed by atoms with E-state index in [9.17, 15) is 39.5 Å². The van der Waals surface area contributed by atoms with Gasteiger partial charge in [-0.05, 0) is 11.5 Å². The third-order valence-electron chi connectivity index (χ3n) is 3.08. The van der Waals surface area contributed by atoms with Crippen LogP contribution in [0.1, 0.15) is 30.9 Å². The zero-order valence-electron chi connectivity index (χ0n) is 11.3. The molecule has 9 heteroatoms. The molecule has 0 aromatic heterocycles. The minimum atomic E-state index is -6.87. The maximum absolute atomic E-state index is 13.6. The summed E-state index contributed by atoms with van der Waals surface area (Å²) in [5.74, 6) is -19.4. The number of hydrogen-bond donors (Lipinski definition) is 0. The van der Waals surface area contributed by atoms with Crippen LogP contribution in [-0.4, -0.2) is 18.0 Å². The molecule has 0 radical (unpaired) electrons. The van der Waals surface area contributed by atoms with Gasteiger partial charge in [-0.15, -0.1) is 0 Å². The lowest BCUT2D eigenvalue weighted by Gasteiger charge is -2.33. The fourth-order valence-electron chi connectivity index (χ4n) is 1.63. The molecule has 22 heavy (non-hydrogen) atoms. The van der Waals surface area contributed by atoms with Crippen molar-refractivity contribution in [1.82, 2.24) is 0 Å². The van der Waals surface area contributed by atoms with E-state index >= 15 is 0 Å². The first-order chi connectivity index (χ1) is 9.66. The first-order valence-corrected chi connectivity index (χ1v) is 5.97. The zero-order chi connectivity index (χ0) is 17.6. The Morgan fingerprint density at radius 3 is 1.41 bits per heavy atom. The van der Waals surface area contributed by atoms with Gasteiger partial charge >= 0.3 is 23.9 Å². The second-order valence-corrected chi connectivity index (χ2v) is 5.00. The lowest BCUT2D eigenvalue weighted by Crippen LogP contribution is -2.59. The van der Waals surface area contributed by atoms with Gasteiger partial charge in [-0.1, -0.05) is 38.1 Å². The van der Waals surface area contributed by atoms with Gasteiger partial charge in [0.2, 0.25) is 0 Å². The van der Waals surface area contributed by atoms with E-state index in [2.05, 4.69) is 0 Å². The zero-order valence-corrected chi connectivity index (χ0v) is 11.3. The molecule has 0 saturated carbocycles. The molecule has 0 N–H and O–H groups in total. The first kappa shape index (κ1) is 18.6. The van der Waals surface area contributed by atoms with Crippen molar-refractivity contribution in [3.05, 3.63) is 35.4 Å². The highest BCUT2D eigenvalue weighted by Gasteiger charge is 2.81. The van der Waals surface area contributed by atoms with Crippen LogP contribution in [0.5, 0.6) is 0 Å². The Kier molecular flexibility index (Phi) is 4.53. The Labute approximate surface area is 119 Å². The molecular formula is C13H11F9. The minimum absolute atomic E-state index is 0.167. The van der Waals surface area contributed by atoms with Crippen LogP contribution in [-0.2, 0) is 5.92 Å². The van der Waals surface area contributed by atoms with Gasteiger partial charge in [0.25, 0.3) is 0 Å². The number of rotatable bonds is 4. The average molecular weight is 338 g/mol. The molecule has 0 amide bonds. The average Bonchev–Trinajstić information content (AvgIpc) is 2.37. The van der Waals surface area contributed by atoms with E-state index in [-0.39, 0.29) is 5.92 Å². The predicted molar refractivity (Wildman–Crippen MR) is 60.4 cm³/mol. The molecule has 0 unspecified atom stereocenters. The molecule has 0 aliphatic heterocycles. The number of benzene rings is 1. The van der Waals surface area contributed by atoms with Gasteiger partial charge in [0, 0.05) is 5.56 Å². The van der Waals surface area contributed by atoms with E-state index in [1.54, 1.807) is 13.8 Å². The smallest absolute Gasteiger partial charge is 0.194 e. The van der Waals surface area contributed by atoms with Gasteiger partial charge in [0.1, 0.15) is 0 Å². The summed E-state index contributed by atoms with van der Waals surface area (Å²) < 4.78 is 115. The van der Waals surface area contributed by atoms with E-state index in [4.69, 9.17) is 0 Å². The topological polar surface area (TPSA) is 0 Å². The molecule has 0 nitrogen and oxygen atoms in total. The van der Waals surface area contributed by atoms with Crippen molar-refractivity contribution in [2.75, 3.05) is 0 Å². The summed E-state index contributed by atoms with van der Waals surface area (Å²) >= 11 is 0. The Balaban J connectivity index is 3.32. The van der Waals surface area contributed by atoms with Crippen LogP contribution in [0.25, 0.3) is 0 Å². The molecule has 1 aromatic carbocycles. The van der Waals surface area contributed by atoms with Crippen LogP contribution in [0, 0.1) is 0 Å².